The van der Waals surface area contributed by atoms with Crippen molar-refractivity contribution in [3.05, 3.63) is 65.7 Å². The van der Waals surface area contributed by atoms with Crippen molar-refractivity contribution < 1.29 is 4.84 Å². The zero-order valence-corrected chi connectivity index (χ0v) is 12.7. The van der Waals surface area contributed by atoms with Crippen LogP contribution in [0.25, 0.3) is 0 Å². The normalized spacial score (nSPS) is 10.8. The summed E-state index contributed by atoms with van der Waals surface area (Å²) < 4.78 is 0. The van der Waals surface area contributed by atoms with Crippen molar-refractivity contribution in [3.63, 3.8) is 0 Å². The lowest BCUT2D eigenvalue weighted by molar-refractivity contribution is 0.160. The monoisotopic (exact) mass is 282 g/mol. The van der Waals surface area contributed by atoms with Crippen LogP contribution in [-0.2, 0) is 11.4 Å². The Morgan fingerprint density at radius 2 is 1.71 bits per heavy atom. The first-order valence-corrected chi connectivity index (χ1v) is 7.37. The Labute approximate surface area is 126 Å². The van der Waals surface area contributed by atoms with Crippen LogP contribution >= 0.6 is 0 Å². The van der Waals surface area contributed by atoms with Gasteiger partial charge in [-0.05, 0) is 37.1 Å². The largest absolute Gasteiger partial charge is 0.396 e. The van der Waals surface area contributed by atoms with Crippen molar-refractivity contribution in [2.24, 2.45) is 5.16 Å². The zero-order valence-electron chi connectivity index (χ0n) is 12.7. The molecule has 0 unspecified atom stereocenters. The number of benzene rings is 2. The SMILES string of the molecule is CCON=Cc1ccc(N(CC)Cc2ccccc2)cc1. The molecule has 2 aromatic rings. The highest BCUT2D eigenvalue weighted by atomic mass is 16.6. The molecule has 0 radical (unpaired) electrons. The second-order valence-corrected chi connectivity index (χ2v) is 4.74. The maximum absolute atomic E-state index is 4.97. The van der Waals surface area contributed by atoms with E-state index in [0.717, 1.165) is 18.7 Å². The van der Waals surface area contributed by atoms with Crippen LogP contribution in [0.5, 0.6) is 0 Å². The average Bonchev–Trinajstić information content (AvgIpc) is 2.55. The first-order valence-electron chi connectivity index (χ1n) is 7.37. The molecule has 0 N–H and O–H groups in total. The molecule has 3 nitrogen and oxygen atoms in total. The van der Waals surface area contributed by atoms with E-state index in [9.17, 15) is 0 Å². The third kappa shape index (κ3) is 4.63. The Morgan fingerprint density at radius 1 is 1.00 bits per heavy atom. The van der Waals surface area contributed by atoms with Crippen LogP contribution in [0.2, 0.25) is 0 Å². The highest BCUT2D eigenvalue weighted by molar-refractivity contribution is 5.79. The lowest BCUT2D eigenvalue weighted by Crippen LogP contribution is -2.21. The first-order chi connectivity index (χ1) is 10.3. The molecular formula is C18H22N2O. The quantitative estimate of drug-likeness (QED) is 0.564. The van der Waals surface area contributed by atoms with E-state index in [1.54, 1.807) is 6.21 Å². The van der Waals surface area contributed by atoms with Gasteiger partial charge in [-0.2, -0.15) is 0 Å². The number of oxime groups is 1. The second-order valence-electron chi connectivity index (χ2n) is 4.74. The van der Waals surface area contributed by atoms with Crippen LogP contribution < -0.4 is 4.90 Å². The first kappa shape index (κ1) is 15.1. The molecule has 0 aliphatic carbocycles. The van der Waals surface area contributed by atoms with Gasteiger partial charge < -0.3 is 9.74 Å². The molecule has 0 bridgehead atoms. The van der Waals surface area contributed by atoms with Crippen LogP contribution in [-0.4, -0.2) is 19.4 Å². The van der Waals surface area contributed by atoms with Gasteiger partial charge in [0.1, 0.15) is 6.61 Å². The summed E-state index contributed by atoms with van der Waals surface area (Å²) in [5.41, 5.74) is 3.58. The molecule has 0 aliphatic heterocycles. The van der Waals surface area contributed by atoms with E-state index in [1.807, 2.05) is 13.0 Å². The average molecular weight is 282 g/mol. The minimum absolute atomic E-state index is 0.593. The predicted molar refractivity (Wildman–Crippen MR) is 88.8 cm³/mol. The molecule has 0 amide bonds. The van der Waals surface area contributed by atoms with Gasteiger partial charge in [-0.3, -0.25) is 0 Å². The van der Waals surface area contributed by atoms with E-state index in [0.29, 0.717) is 6.61 Å². The van der Waals surface area contributed by atoms with Crippen molar-refractivity contribution in [1.82, 2.24) is 0 Å². The maximum atomic E-state index is 4.97. The third-order valence-corrected chi connectivity index (χ3v) is 3.26. The number of rotatable bonds is 7. The van der Waals surface area contributed by atoms with Gasteiger partial charge in [0.15, 0.2) is 0 Å². The van der Waals surface area contributed by atoms with Gasteiger partial charge in [-0.25, -0.2) is 0 Å². The number of anilines is 1. The highest BCUT2D eigenvalue weighted by Crippen LogP contribution is 2.17. The van der Waals surface area contributed by atoms with Crippen LogP contribution in [0.3, 0.4) is 0 Å². The van der Waals surface area contributed by atoms with Crippen LogP contribution in [0.15, 0.2) is 59.8 Å². The Hall–Kier alpha value is -2.29. The predicted octanol–water partition coefficient (Wildman–Crippen LogP) is 4.08. The van der Waals surface area contributed by atoms with E-state index in [1.165, 1.54) is 11.3 Å². The Morgan fingerprint density at radius 3 is 2.33 bits per heavy atom. The van der Waals surface area contributed by atoms with Crippen LogP contribution in [0.4, 0.5) is 5.69 Å². The molecule has 2 rings (SSSR count). The summed E-state index contributed by atoms with van der Waals surface area (Å²) in [7, 11) is 0. The van der Waals surface area contributed by atoms with Gasteiger partial charge in [0.25, 0.3) is 0 Å². The Bertz CT molecular complexity index is 549. The molecule has 0 atom stereocenters. The van der Waals surface area contributed by atoms with Crippen molar-refractivity contribution in [2.75, 3.05) is 18.1 Å². The summed E-state index contributed by atoms with van der Waals surface area (Å²) in [6, 6.07) is 18.9. The molecule has 0 spiro atoms. The van der Waals surface area contributed by atoms with Gasteiger partial charge >= 0.3 is 0 Å². The van der Waals surface area contributed by atoms with Gasteiger partial charge in [0.05, 0.1) is 6.21 Å². The number of hydrogen-bond donors (Lipinski definition) is 0. The summed E-state index contributed by atoms with van der Waals surface area (Å²) in [6.07, 6.45) is 1.74. The topological polar surface area (TPSA) is 24.8 Å². The minimum Gasteiger partial charge on any atom is -0.396 e. The lowest BCUT2D eigenvalue weighted by atomic mass is 10.1. The van der Waals surface area contributed by atoms with Gasteiger partial charge in [0, 0.05) is 18.8 Å². The molecule has 0 aliphatic rings. The van der Waals surface area contributed by atoms with E-state index >= 15 is 0 Å². The van der Waals surface area contributed by atoms with Crippen molar-refractivity contribution in [3.8, 4) is 0 Å². The minimum atomic E-state index is 0.593. The number of nitrogens with zero attached hydrogens (tertiary/aromatic N) is 2. The van der Waals surface area contributed by atoms with E-state index < -0.39 is 0 Å². The van der Waals surface area contributed by atoms with Crippen LogP contribution in [0, 0.1) is 0 Å². The molecule has 21 heavy (non-hydrogen) atoms. The molecular weight excluding hydrogens is 260 g/mol. The molecule has 3 heteroatoms. The van der Waals surface area contributed by atoms with Gasteiger partial charge in [0.2, 0.25) is 0 Å². The summed E-state index contributed by atoms with van der Waals surface area (Å²) in [4.78, 5) is 7.32. The molecule has 0 saturated carbocycles. The highest BCUT2D eigenvalue weighted by Gasteiger charge is 2.04. The summed E-state index contributed by atoms with van der Waals surface area (Å²) in [5, 5.41) is 3.88. The smallest absolute Gasteiger partial charge is 0.114 e. The fourth-order valence-corrected chi connectivity index (χ4v) is 2.13. The summed E-state index contributed by atoms with van der Waals surface area (Å²) in [5.74, 6) is 0. The molecule has 0 fully saturated rings. The van der Waals surface area contributed by atoms with Crippen molar-refractivity contribution in [1.29, 1.82) is 0 Å². The summed E-state index contributed by atoms with van der Waals surface area (Å²) in [6.45, 7) is 6.58. The fourth-order valence-electron chi connectivity index (χ4n) is 2.13. The molecule has 110 valence electrons. The van der Waals surface area contributed by atoms with Gasteiger partial charge in [-0.15, -0.1) is 0 Å². The fraction of sp³-hybridized carbons (Fsp3) is 0.278. The van der Waals surface area contributed by atoms with Crippen molar-refractivity contribution in [2.45, 2.75) is 20.4 Å². The zero-order chi connectivity index (χ0) is 14.9. The lowest BCUT2D eigenvalue weighted by Gasteiger charge is -2.23. The van der Waals surface area contributed by atoms with Crippen LogP contribution in [0.1, 0.15) is 25.0 Å². The number of hydrogen-bond acceptors (Lipinski definition) is 3. The molecule has 0 saturated heterocycles. The standard InChI is InChI=1S/C18H22N2O/c1-3-20(15-17-8-6-5-7-9-17)18-12-10-16(11-13-18)14-19-21-4-2/h5-14H,3-4,15H2,1-2H3. The molecule has 0 aromatic heterocycles. The molecule has 0 heterocycles. The third-order valence-electron chi connectivity index (χ3n) is 3.26. The summed E-state index contributed by atoms with van der Waals surface area (Å²) >= 11 is 0. The maximum Gasteiger partial charge on any atom is 0.114 e. The van der Waals surface area contributed by atoms with E-state index in [-0.39, 0.29) is 0 Å². The van der Waals surface area contributed by atoms with Crippen molar-refractivity contribution >= 4 is 11.9 Å². The second kappa shape index (κ2) is 8.10. The molecule has 2 aromatic carbocycles. The van der Waals surface area contributed by atoms with Gasteiger partial charge in [-0.1, -0.05) is 47.6 Å². The Balaban J connectivity index is 2.05. The van der Waals surface area contributed by atoms with E-state index in [4.69, 9.17) is 4.84 Å². The van der Waals surface area contributed by atoms with E-state index in [2.05, 4.69) is 65.5 Å². The Kier molecular flexibility index (Phi) is 5.83.